The number of hydrogen-bond acceptors (Lipinski definition) is 3. The fraction of sp³-hybridized carbons (Fsp3) is 0.159. The summed E-state index contributed by atoms with van der Waals surface area (Å²) in [6, 6.07) is 82.4. The molecule has 73 heavy (non-hydrogen) atoms. The van der Waals surface area contributed by atoms with E-state index < -0.39 is 0 Å². The summed E-state index contributed by atoms with van der Waals surface area (Å²) in [6.07, 6.45) is 0. The highest BCUT2D eigenvalue weighted by Gasteiger charge is 2.49. The van der Waals surface area contributed by atoms with Gasteiger partial charge in [-0.1, -0.05) is 195 Å². The van der Waals surface area contributed by atoms with Crippen LogP contribution in [0.2, 0.25) is 0 Å². The van der Waals surface area contributed by atoms with Crippen molar-refractivity contribution in [2.75, 3.05) is 14.6 Å². The van der Waals surface area contributed by atoms with Crippen molar-refractivity contribution in [3.8, 4) is 33.4 Å². The van der Waals surface area contributed by atoms with Crippen molar-refractivity contribution in [1.82, 2.24) is 0 Å². The molecule has 4 heteroatoms. The fourth-order valence-corrected chi connectivity index (χ4v) is 12.5. The van der Waals surface area contributed by atoms with Gasteiger partial charge in [0.1, 0.15) is 0 Å². The summed E-state index contributed by atoms with van der Waals surface area (Å²) in [6.45, 7) is 18.6. The van der Waals surface area contributed by atoms with Crippen LogP contribution in [0.15, 0.2) is 218 Å². The van der Waals surface area contributed by atoms with Crippen molar-refractivity contribution in [2.45, 2.75) is 71.6 Å². The van der Waals surface area contributed by atoms with E-state index in [-0.39, 0.29) is 23.1 Å². The number of benzene rings is 10. The predicted octanol–water partition coefficient (Wildman–Crippen LogP) is 17.6. The van der Waals surface area contributed by atoms with E-state index in [1.165, 1.54) is 100 Å². The number of para-hydroxylation sites is 2. The Kier molecular flexibility index (Phi) is 10.1. The highest BCUT2D eigenvalue weighted by Crippen LogP contribution is 2.58. The third kappa shape index (κ3) is 7.02. The zero-order valence-electron chi connectivity index (χ0n) is 43.2. The van der Waals surface area contributed by atoms with Gasteiger partial charge in [-0.05, 0) is 151 Å². The molecule has 10 aromatic carbocycles. The average Bonchev–Trinajstić information content (AvgIpc) is 3.64. The summed E-state index contributed by atoms with van der Waals surface area (Å²) >= 11 is 0. The zero-order chi connectivity index (χ0) is 50.0. The number of anilines is 8. The first-order valence-electron chi connectivity index (χ1n) is 26.0. The lowest BCUT2D eigenvalue weighted by atomic mass is 9.43. The van der Waals surface area contributed by atoms with Gasteiger partial charge in [-0.15, -0.1) is 0 Å². The second kappa shape index (κ2) is 16.5. The minimum atomic E-state index is -0.265. The summed E-state index contributed by atoms with van der Waals surface area (Å²) in [5, 5.41) is 2.46. The molecule has 0 atom stereocenters. The normalized spacial score (nSPS) is 14.1. The molecule has 0 spiro atoms. The maximum Gasteiger partial charge on any atom is 0.333 e. The van der Waals surface area contributed by atoms with Crippen LogP contribution in [0.25, 0.3) is 44.2 Å². The van der Waals surface area contributed by atoms with Crippen LogP contribution in [0, 0.1) is 0 Å². The topological polar surface area (TPSA) is 9.72 Å². The lowest BCUT2D eigenvalue weighted by molar-refractivity contribution is 0.590. The van der Waals surface area contributed by atoms with Gasteiger partial charge in [0, 0.05) is 56.1 Å². The van der Waals surface area contributed by atoms with E-state index in [1.54, 1.807) is 0 Å². The molecule has 3 nitrogen and oxygen atoms in total. The molecular formula is C69H60BN3. The summed E-state index contributed by atoms with van der Waals surface area (Å²) in [5.41, 5.74) is 24.6. The largest absolute Gasteiger partial charge is 0.376 e. The van der Waals surface area contributed by atoms with Crippen LogP contribution < -0.4 is 25.5 Å². The van der Waals surface area contributed by atoms with Gasteiger partial charge in [-0.3, -0.25) is 0 Å². The molecule has 2 heterocycles. The number of rotatable bonds is 6. The lowest BCUT2D eigenvalue weighted by Gasteiger charge is -2.47. The molecule has 0 amide bonds. The maximum absolute atomic E-state index is 2.71. The van der Waals surface area contributed by atoms with Crippen LogP contribution in [-0.2, 0) is 16.2 Å². The minimum Gasteiger partial charge on any atom is -0.376 e. The Labute approximate surface area is 432 Å². The van der Waals surface area contributed by atoms with Crippen LogP contribution in [0.3, 0.4) is 0 Å². The third-order valence-electron chi connectivity index (χ3n) is 16.1. The third-order valence-corrected chi connectivity index (χ3v) is 16.1. The van der Waals surface area contributed by atoms with Gasteiger partial charge in [0.05, 0.1) is 11.4 Å². The SMILES string of the molecule is CC(C)(C)c1ccc(N2B3c4cc(N(c5ccccc5)c5ccccc5)ccc4N(c4ccc(C(C)(C)C)cc4-c4ccccc4)c4c3c(cc3ccccc43)-c3c2ccc2c3C(C)(C)c3ccccc3-2)cc1. The number of hydrogen-bond donors (Lipinski definition) is 0. The Morgan fingerprint density at radius 2 is 1.04 bits per heavy atom. The Morgan fingerprint density at radius 1 is 0.452 bits per heavy atom. The van der Waals surface area contributed by atoms with Gasteiger partial charge in [0.2, 0.25) is 0 Å². The fourth-order valence-electron chi connectivity index (χ4n) is 12.5. The standard InChI is InChI=1S/C69H60BN3/c1-67(2,3)47-32-35-51(36-33-47)73-62-41-38-55-54-30-20-21-31-58(54)69(7,8)64(55)63(62)57-42-46-24-18-19-29-53(46)66-65(57)70(73)59-44-52(71(49-25-14-10-15-26-49)50-27-16-11-17-28-50)37-40-61(59)72(66)60-39-34-48(68(4,5)6)43-56(60)45-22-12-9-13-23-45/h9-44H,1-8H3. The van der Waals surface area contributed by atoms with Gasteiger partial charge in [-0.25, -0.2) is 0 Å². The molecule has 2 aliphatic heterocycles. The molecule has 0 saturated carbocycles. The van der Waals surface area contributed by atoms with Gasteiger partial charge in [-0.2, -0.15) is 0 Å². The zero-order valence-corrected chi connectivity index (χ0v) is 43.2. The molecule has 10 aromatic rings. The molecule has 0 unspecified atom stereocenters. The molecule has 13 rings (SSSR count). The van der Waals surface area contributed by atoms with E-state index in [0.717, 1.165) is 22.7 Å². The summed E-state index contributed by atoms with van der Waals surface area (Å²) < 4.78 is 0. The summed E-state index contributed by atoms with van der Waals surface area (Å²) in [7, 11) is 0. The van der Waals surface area contributed by atoms with Crippen molar-refractivity contribution in [2.24, 2.45) is 0 Å². The molecular weight excluding hydrogens is 882 g/mol. The van der Waals surface area contributed by atoms with Crippen LogP contribution in [0.5, 0.6) is 0 Å². The first kappa shape index (κ1) is 44.8. The second-order valence-electron chi connectivity index (χ2n) is 23.0. The van der Waals surface area contributed by atoms with Crippen molar-refractivity contribution < 1.29 is 0 Å². The van der Waals surface area contributed by atoms with E-state index in [9.17, 15) is 0 Å². The van der Waals surface area contributed by atoms with E-state index in [2.05, 4.69) is 288 Å². The van der Waals surface area contributed by atoms with E-state index in [4.69, 9.17) is 0 Å². The van der Waals surface area contributed by atoms with Crippen LogP contribution >= 0.6 is 0 Å². The summed E-state index contributed by atoms with van der Waals surface area (Å²) in [5.74, 6) is 0. The summed E-state index contributed by atoms with van der Waals surface area (Å²) in [4.78, 5) is 7.77. The van der Waals surface area contributed by atoms with Crippen LogP contribution in [0.1, 0.15) is 77.6 Å². The molecule has 0 radical (unpaired) electrons. The number of nitrogens with zero attached hydrogens (tertiary/aromatic N) is 3. The van der Waals surface area contributed by atoms with Crippen molar-refractivity contribution >= 4 is 74.0 Å². The first-order valence-corrected chi connectivity index (χ1v) is 26.0. The average molecular weight is 942 g/mol. The van der Waals surface area contributed by atoms with Crippen LogP contribution in [-0.4, -0.2) is 6.85 Å². The molecule has 0 N–H and O–H groups in total. The van der Waals surface area contributed by atoms with Gasteiger partial charge in [0.25, 0.3) is 0 Å². The van der Waals surface area contributed by atoms with Crippen LogP contribution in [0.4, 0.5) is 45.5 Å². The molecule has 1 aliphatic carbocycles. The first-order chi connectivity index (χ1) is 35.3. The van der Waals surface area contributed by atoms with Crippen molar-refractivity contribution in [3.05, 3.63) is 241 Å². The van der Waals surface area contributed by atoms with Gasteiger partial charge in [0.15, 0.2) is 0 Å². The second-order valence-corrected chi connectivity index (χ2v) is 23.0. The molecule has 0 aromatic heterocycles. The Balaban J connectivity index is 1.20. The van der Waals surface area contributed by atoms with Gasteiger partial charge >= 0.3 is 6.85 Å². The van der Waals surface area contributed by atoms with Crippen molar-refractivity contribution in [3.63, 3.8) is 0 Å². The quantitative estimate of drug-likeness (QED) is 0.154. The Hall–Kier alpha value is -8.08. The molecule has 0 fully saturated rings. The van der Waals surface area contributed by atoms with E-state index in [0.29, 0.717) is 0 Å². The van der Waals surface area contributed by atoms with Crippen molar-refractivity contribution in [1.29, 1.82) is 0 Å². The number of fused-ring (bicyclic) bond motifs is 10. The lowest BCUT2D eigenvalue weighted by Crippen LogP contribution is -2.62. The Morgan fingerprint density at radius 3 is 1.73 bits per heavy atom. The monoisotopic (exact) mass is 941 g/mol. The predicted molar refractivity (Wildman–Crippen MR) is 313 cm³/mol. The maximum atomic E-state index is 2.71. The van der Waals surface area contributed by atoms with Gasteiger partial charge < -0.3 is 14.6 Å². The highest BCUT2D eigenvalue weighted by atomic mass is 15.2. The van der Waals surface area contributed by atoms with E-state index in [1.807, 2.05) is 0 Å². The smallest absolute Gasteiger partial charge is 0.333 e. The Bertz CT molecular complexity index is 3750. The highest BCUT2D eigenvalue weighted by molar-refractivity contribution is 6.94. The molecule has 354 valence electrons. The van der Waals surface area contributed by atoms with E-state index >= 15 is 0 Å². The molecule has 3 aliphatic rings. The molecule has 0 bridgehead atoms. The molecule has 0 saturated heterocycles. The minimum absolute atomic E-state index is 0.00216.